The molecular formula is C9H18O. The van der Waals surface area contributed by atoms with E-state index in [-0.39, 0.29) is 0 Å². The molecular weight excluding hydrogens is 124 g/mol. The van der Waals surface area contributed by atoms with Crippen molar-refractivity contribution in [1.82, 2.24) is 0 Å². The first kappa shape index (κ1) is 9.70. The summed E-state index contributed by atoms with van der Waals surface area (Å²) in [6.07, 6.45) is 9.44. The molecule has 0 bridgehead atoms. The highest BCUT2D eigenvalue weighted by Crippen LogP contribution is 1.98. The molecule has 0 heterocycles. The van der Waals surface area contributed by atoms with E-state index in [1.165, 1.54) is 25.7 Å². The quantitative estimate of drug-likeness (QED) is 0.409. The normalized spacial score (nSPS) is 11.0. The lowest BCUT2D eigenvalue weighted by Gasteiger charge is -1.91. The van der Waals surface area contributed by atoms with Crippen molar-refractivity contribution in [2.75, 3.05) is 13.7 Å². The Morgan fingerprint density at radius 3 is 2.60 bits per heavy atom. The van der Waals surface area contributed by atoms with E-state index in [0.717, 1.165) is 6.61 Å². The molecule has 0 aliphatic heterocycles. The first-order chi connectivity index (χ1) is 4.91. The minimum atomic E-state index is 0.756. The van der Waals surface area contributed by atoms with Crippen LogP contribution >= 0.6 is 0 Å². The van der Waals surface area contributed by atoms with Gasteiger partial charge in [-0.15, -0.1) is 0 Å². The average molecular weight is 142 g/mol. The third-order valence-corrected chi connectivity index (χ3v) is 1.40. The van der Waals surface area contributed by atoms with E-state index in [1.807, 2.05) is 0 Å². The molecule has 0 spiro atoms. The summed E-state index contributed by atoms with van der Waals surface area (Å²) in [5, 5.41) is 0. The highest BCUT2D eigenvalue weighted by atomic mass is 16.5. The van der Waals surface area contributed by atoms with Crippen molar-refractivity contribution in [3.8, 4) is 0 Å². The summed E-state index contributed by atoms with van der Waals surface area (Å²) in [7, 11) is 1.72. The van der Waals surface area contributed by atoms with Crippen LogP contribution in [0.4, 0.5) is 0 Å². The third kappa shape index (κ3) is 7.70. The molecule has 1 nitrogen and oxygen atoms in total. The van der Waals surface area contributed by atoms with Gasteiger partial charge >= 0.3 is 0 Å². The molecule has 0 fully saturated rings. The van der Waals surface area contributed by atoms with Crippen LogP contribution in [0.3, 0.4) is 0 Å². The first-order valence-electron chi connectivity index (χ1n) is 4.05. The maximum Gasteiger partial charge on any atom is 0.0643 e. The Hall–Kier alpha value is -0.300. The Labute approximate surface area is 64.1 Å². The van der Waals surface area contributed by atoms with Crippen molar-refractivity contribution in [3.05, 3.63) is 12.2 Å². The lowest BCUT2D eigenvalue weighted by atomic mass is 10.2. The molecule has 0 aliphatic rings. The zero-order valence-corrected chi connectivity index (χ0v) is 7.10. The molecule has 0 atom stereocenters. The fourth-order valence-electron chi connectivity index (χ4n) is 0.794. The van der Waals surface area contributed by atoms with E-state index in [0.29, 0.717) is 0 Å². The molecule has 0 amide bonds. The van der Waals surface area contributed by atoms with E-state index in [1.54, 1.807) is 7.11 Å². The molecule has 60 valence electrons. The molecule has 0 rings (SSSR count). The van der Waals surface area contributed by atoms with Crippen molar-refractivity contribution >= 4 is 0 Å². The molecule has 0 aromatic carbocycles. The van der Waals surface area contributed by atoms with Gasteiger partial charge in [0.05, 0.1) is 6.61 Å². The second kappa shape index (κ2) is 8.70. The number of methoxy groups -OCH3 is 1. The molecule has 0 aromatic heterocycles. The topological polar surface area (TPSA) is 9.23 Å². The van der Waals surface area contributed by atoms with Gasteiger partial charge in [0.15, 0.2) is 0 Å². The van der Waals surface area contributed by atoms with Gasteiger partial charge in [0.2, 0.25) is 0 Å². The minimum Gasteiger partial charge on any atom is -0.381 e. The summed E-state index contributed by atoms with van der Waals surface area (Å²) in [4.78, 5) is 0. The number of unbranched alkanes of at least 4 members (excludes halogenated alkanes) is 3. The van der Waals surface area contributed by atoms with E-state index < -0.39 is 0 Å². The number of rotatable bonds is 6. The number of hydrogen-bond donors (Lipinski definition) is 0. The van der Waals surface area contributed by atoms with Crippen LogP contribution in [-0.4, -0.2) is 13.7 Å². The van der Waals surface area contributed by atoms with Crippen LogP contribution in [0, 0.1) is 0 Å². The second-order valence-corrected chi connectivity index (χ2v) is 2.42. The van der Waals surface area contributed by atoms with Crippen LogP contribution in [0.15, 0.2) is 12.2 Å². The van der Waals surface area contributed by atoms with E-state index >= 15 is 0 Å². The van der Waals surface area contributed by atoms with Gasteiger partial charge in [-0.25, -0.2) is 0 Å². The highest BCUT2D eigenvalue weighted by molar-refractivity contribution is 4.80. The van der Waals surface area contributed by atoms with Crippen LogP contribution in [0.1, 0.15) is 32.6 Å². The van der Waals surface area contributed by atoms with Gasteiger partial charge in [0.1, 0.15) is 0 Å². The van der Waals surface area contributed by atoms with Gasteiger partial charge in [-0.1, -0.05) is 31.9 Å². The Morgan fingerprint density at radius 2 is 2.00 bits per heavy atom. The van der Waals surface area contributed by atoms with Crippen molar-refractivity contribution in [3.63, 3.8) is 0 Å². The zero-order valence-electron chi connectivity index (χ0n) is 7.10. The zero-order chi connectivity index (χ0) is 7.66. The van der Waals surface area contributed by atoms with Gasteiger partial charge in [-0.05, 0) is 12.8 Å². The summed E-state index contributed by atoms with van der Waals surface area (Å²) in [6.45, 7) is 2.98. The highest BCUT2D eigenvalue weighted by Gasteiger charge is 1.80. The van der Waals surface area contributed by atoms with Crippen LogP contribution in [0.2, 0.25) is 0 Å². The van der Waals surface area contributed by atoms with Crippen molar-refractivity contribution in [2.24, 2.45) is 0 Å². The predicted octanol–water partition coefficient (Wildman–Crippen LogP) is 2.77. The van der Waals surface area contributed by atoms with Crippen LogP contribution in [0.5, 0.6) is 0 Å². The Bertz CT molecular complexity index is 76.8. The average Bonchev–Trinajstić information content (AvgIpc) is 1.97. The van der Waals surface area contributed by atoms with E-state index in [9.17, 15) is 0 Å². The molecule has 1 heteroatoms. The number of hydrogen-bond acceptors (Lipinski definition) is 1. The Morgan fingerprint density at radius 1 is 1.20 bits per heavy atom. The first-order valence-corrected chi connectivity index (χ1v) is 4.05. The summed E-state index contributed by atoms with van der Waals surface area (Å²) >= 11 is 0. The van der Waals surface area contributed by atoms with Crippen molar-refractivity contribution in [1.29, 1.82) is 0 Å². The molecule has 10 heavy (non-hydrogen) atoms. The summed E-state index contributed by atoms with van der Waals surface area (Å²) in [6, 6.07) is 0. The molecule has 0 saturated heterocycles. The van der Waals surface area contributed by atoms with Gasteiger partial charge < -0.3 is 4.74 Å². The molecule has 0 saturated carbocycles. The molecule has 0 aliphatic carbocycles. The summed E-state index contributed by atoms with van der Waals surface area (Å²) in [5.41, 5.74) is 0. The Balaban J connectivity index is 2.88. The van der Waals surface area contributed by atoms with Gasteiger partial charge in [-0.2, -0.15) is 0 Å². The lowest BCUT2D eigenvalue weighted by molar-refractivity contribution is 0.233. The largest absolute Gasteiger partial charge is 0.381 e. The van der Waals surface area contributed by atoms with Crippen LogP contribution < -0.4 is 0 Å². The maximum atomic E-state index is 4.86. The molecule has 0 radical (unpaired) electrons. The fraction of sp³-hybridized carbons (Fsp3) is 0.778. The molecule has 0 unspecified atom stereocenters. The predicted molar refractivity (Wildman–Crippen MR) is 45.2 cm³/mol. The fourth-order valence-corrected chi connectivity index (χ4v) is 0.794. The van der Waals surface area contributed by atoms with Crippen molar-refractivity contribution < 1.29 is 4.74 Å². The second-order valence-electron chi connectivity index (χ2n) is 2.42. The van der Waals surface area contributed by atoms with Crippen LogP contribution in [-0.2, 0) is 4.74 Å². The monoisotopic (exact) mass is 142 g/mol. The van der Waals surface area contributed by atoms with Gasteiger partial charge in [0.25, 0.3) is 0 Å². The number of ether oxygens (including phenoxy) is 1. The van der Waals surface area contributed by atoms with Crippen LogP contribution in [0.25, 0.3) is 0 Å². The van der Waals surface area contributed by atoms with Crippen molar-refractivity contribution in [2.45, 2.75) is 32.6 Å². The molecule has 0 N–H and O–H groups in total. The molecule has 0 aromatic rings. The lowest BCUT2D eigenvalue weighted by Crippen LogP contribution is -1.80. The standard InChI is InChI=1S/C9H18O/c1-3-4-5-6-7-8-9-10-2/h7-8H,3-6,9H2,1-2H3/b8-7+. The number of allylic oxidation sites excluding steroid dienone is 1. The van der Waals surface area contributed by atoms with Gasteiger partial charge in [0, 0.05) is 7.11 Å². The minimum absolute atomic E-state index is 0.756. The third-order valence-electron chi connectivity index (χ3n) is 1.40. The van der Waals surface area contributed by atoms with Gasteiger partial charge in [-0.3, -0.25) is 0 Å². The van der Waals surface area contributed by atoms with E-state index in [4.69, 9.17) is 4.74 Å². The van der Waals surface area contributed by atoms with E-state index in [2.05, 4.69) is 19.1 Å². The summed E-state index contributed by atoms with van der Waals surface area (Å²) < 4.78 is 4.86. The Kier molecular flexibility index (Phi) is 8.44. The maximum absolute atomic E-state index is 4.86. The summed E-state index contributed by atoms with van der Waals surface area (Å²) in [5.74, 6) is 0. The smallest absolute Gasteiger partial charge is 0.0643 e. The SMILES string of the molecule is CCCCC/C=C/COC.